The van der Waals surface area contributed by atoms with E-state index in [-0.39, 0.29) is 24.1 Å². The number of nitrogens with zero attached hydrogens (tertiary/aromatic N) is 2. The van der Waals surface area contributed by atoms with Crippen LogP contribution in [0.2, 0.25) is 0 Å². The minimum absolute atomic E-state index is 0.159. The van der Waals surface area contributed by atoms with Crippen LogP contribution >= 0.6 is 15.9 Å². The second-order valence-electron chi connectivity index (χ2n) is 4.43. The predicted molar refractivity (Wildman–Crippen MR) is 69.0 cm³/mol. The highest BCUT2D eigenvalue weighted by Crippen LogP contribution is 2.29. The van der Waals surface area contributed by atoms with Crippen molar-refractivity contribution >= 4 is 21.6 Å². The molecule has 0 bridgehead atoms. The van der Waals surface area contributed by atoms with Gasteiger partial charge in [-0.15, -0.1) is 0 Å². The Morgan fingerprint density at radius 1 is 1.65 bits per heavy atom. The molecule has 1 aromatic rings. The van der Waals surface area contributed by atoms with Crippen molar-refractivity contribution in [2.75, 3.05) is 11.9 Å². The van der Waals surface area contributed by atoms with E-state index in [0.29, 0.717) is 10.2 Å². The molecule has 1 heterocycles. The first kappa shape index (κ1) is 12.6. The molecule has 0 radical (unpaired) electrons. The van der Waals surface area contributed by atoms with Gasteiger partial charge in [0.05, 0.1) is 11.9 Å². The molecule has 5 nitrogen and oxygen atoms in total. The first-order valence-corrected chi connectivity index (χ1v) is 6.52. The van der Waals surface area contributed by atoms with Crippen LogP contribution in [0.5, 0.6) is 0 Å². The van der Waals surface area contributed by atoms with Crippen molar-refractivity contribution in [3.8, 4) is 0 Å². The van der Waals surface area contributed by atoms with Gasteiger partial charge in [-0.05, 0) is 28.8 Å². The van der Waals surface area contributed by atoms with Gasteiger partial charge in [0, 0.05) is 25.6 Å². The maximum absolute atomic E-state index is 11.7. The summed E-state index contributed by atoms with van der Waals surface area (Å²) in [5.74, 6) is 0.269. The summed E-state index contributed by atoms with van der Waals surface area (Å²) in [5.41, 5.74) is 0.548. The Balaban J connectivity index is 2.19. The average Bonchev–Trinajstić information content (AvgIpc) is 2.77. The second-order valence-corrected chi connectivity index (χ2v) is 5.22. The zero-order valence-corrected chi connectivity index (χ0v) is 11.3. The number of halogens is 1. The van der Waals surface area contributed by atoms with Crippen LogP contribution in [-0.2, 0) is 7.05 Å². The molecule has 1 saturated carbocycles. The number of anilines is 1. The standard InChI is InChI=1S/C11H16BrN3O2/c1-15-11(17)10(12)9(5-13-15)14-8-4-2-3-7(8)6-16/h5,7-8,14,16H,2-4,6H2,1H3. The van der Waals surface area contributed by atoms with Gasteiger partial charge in [-0.25, -0.2) is 4.68 Å². The smallest absolute Gasteiger partial charge is 0.282 e. The van der Waals surface area contributed by atoms with E-state index >= 15 is 0 Å². The normalized spacial score (nSPS) is 23.9. The molecule has 0 saturated heterocycles. The molecule has 0 spiro atoms. The zero-order chi connectivity index (χ0) is 12.4. The minimum atomic E-state index is -0.159. The van der Waals surface area contributed by atoms with Crippen molar-refractivity contribution < 1.29 is 5.11 Å². The lowest BCUT2D eigenvalue weighted by molar-refractivity contribution is 0.222. The number of aromatic nitrogens is 2. The summed E-state index contributed by atoms with van der Waals surface area (Å²) in [4.78, 5) is 11.7. The van der Waals surface area contributed by atoms with E-state index in [4.69, 9.17) is 0 Å². The van der Waals surface area contributed by atoms with Crippen LogP contribution in [0.25, 0.3) is 0 Å². The molecule has 17 heavy (non-hydrogen) atoms. The van der Waals surface area contributed by atoms with Gasteiger partial charge in [-0.2, -0.15) is 5.10 Å². The fraction of sp³-hybridized carbons (Fsp3) is 0.636. The first-order valence-electron chi connectivity index (χ1n) is 5.72. The van der Waals surface area contributed by atoms with Crippen LogP contribution < -0.4 is 10.9 Å². The maximum Gasteiger partial charge on any atom is 0.282 e. The quantitative estimate of drug-likeness (QED) is 0.878. The average molecular weight is 302 g/mol. The number of aryl methyl sites for hydroxylation is 1. The Hall–Kier alpha value is -0.880. The third-order valence-corrected chi connectivity index (χ3v) is 4.08. The van der Waals surface area contributed by atoms with E-state index in [2.05, 4.69) is 26.3 Å². The molecule has 0 aliphatic heterocycles. The molecule has 0 aromatic carbocycles. The van der Waals surface area contributed by atoms with Crippen molar-refractivity contribution in [3.05, 3.63) is 21.0 Å². The van der Waals surface area contributed by atoms with Crippen LogP contribution in [0.15, 0.2) is 15.5 Å². The summed E-state index contributed by atoms with van der Waals surface area (Å²) >= 11 is 3.28. The molecule has 1 aromatic heterocycles. The Bertz CT molecular complexity index is 461. The van der Waals surface area contributed by atoms with Gasteiger partial charge in [-0.3, -0.25) is 4.79 Å². The van der Waals surface area contributed by atoms with Gasteiger partial charge in [-0.1, -0.05) is 6.42 Å². The minimum Gasteiger partial charge on any atom is -0.396 e. The van der Waals surface area contributed by atoms with Crippen molar-refractivity contribution in [1.82, 2.24) is 9.78 Å². The summed E-state index contributed by atoms with van der Waals surface area (Å²) in [7, 11) is 1.61. The molecule has 1 fully saturated rings. The van der Waals surface area contributed by atoms with Gasteiger partial charge < -0.3 is 10.4 Å². The van der Waals surface area contributed by atoms with Gasteiger partial charge in [0.2, 0.25) is 0 Å². The van der Waals surface area contributed by atoms with E-state index in [1.165, 1.54) is 4.68 Å². The third kappa shape index (κ3) is 2.52. The lowest BCUT2D eigenvalue weighted by Crippen LogP contribution is -2.29. The van der Waals surface area contributed by atoms with E-state index in [1.54, 1.807) is 13.2 Å². The van der Waals surface area contributed by atoms with Gasteiger partial charge in [0.15, 0.2) is 0 Å². The fourth-order valence-corrected chi connectivity index (χ4v) is 2.73. The first-order chi connectivity index (χ1) is 8.13. The summed E-state index contributed by atoms with van der Waals surface area (Å²) in [6, 6.07) is 0.227. The zero-order valence-electron chi connectivity index (χ0n) is 9.69. The molecule has 2 unspecified atom stereocenters. The third-order valence-electron chi connectivity index (χ3n) is 3.31. The summed E-state index contributed by atoms with van der Waals surface area (Å²) < 4.78 is 1.78. The topological polar surface area (TPSA) is 67.2 Å². The van der Waals surface area contributed by atoms with Crippen LogP contribution in [0.3, 0.4) is 0 Å². The van der Waals surface area contributed by atoms with E-state index in [1.807, 2.05) is 0 Å². The van der Waals surface area contributed by atoms with Crippen molar-refractivity contribution in [3.63, 3.8) is 0 Å². The molecule has 94 valence electrons. The lowest BCUT2D eigenvalue weighted by Gasteiger charge is -2.20. The summed E-state index contributed by atoms with van der Waals surface area (Å²) in [6.45, 7) is 0.188. The Kier molecular flexibility index (Phi) is 3.83. The molecule has 2 N–H and O–H groups in total. The highest BCUT2D eigenvalue weighted by Gasteiger charge is 2.27. The second kappa shape index (κ2) is 5.18. The molecule has 1 aliphatic carbocycles. The Labute approximate surface area is 108 Å². The molecule has 2 atom stereocenters. The molecular formula is C11H16BrN3O2. The molecule has 1 aliphatic rings. The largest absolute Gasteiger partial charge is 0.396 e. The monoisotopic (exact) mass is 301 g/mol. The lowest BCUT2D eigenvalue weighted by atomic mass is 10.1. The van der Waals surface area contributed by atoms with Crippen molar-refractivity contribution in [1.29, 1.82) is 0 Å². The number of nitrogens with one attached hydrogen (secondary N) is 1. The van der Waals surface area contributed by atoms with Crippen LogP contribution in [0.4, 0.5) is 5.69 Å². The predicted octanol–water partition coefficient (Wildman–Crippen LogP) is 1.12. The van der Waals surface area contributed by atoms with E-state index in [0.717, 1.165) is 19.3 Å². The SMILES string of the molecule is Cn1ncc(NC2CCCC2CO)c(Br)c1=O. The van der Waals surface area contributed by atoms with Crippen molar-refractivity contribution in [2.45, 2.75) is 25.3 Å². The number of aliphatic hydroxyl groups is 1. The van der Waals surface area contributed by atoms with Gasteiger partial charge in [0.25, 0.3) is 5.56 Å². The highest BCUT2D eigenvalue weighted by atomic mass is 79.9. The van der Waals surface area contributed by atoms with E-state index in [9.17, 15) is 9.90 Å². The maximum atomic E-state index is 11.7. The number of aliphatic hydroxyl groups excluding tert-OH is 1. The van der Waals surface area contributed by atoms with Gasteiger partial charge in [0.1, 0.15) is 4.47 Å². The van der Waals surface area contributed by atoms with Crippen LogP contribution in [0, 0.1) is 5.92 Å². The van der Waals surface area contributed by atoms with Gasteiger partial charge >= 0.3 is 0 Å². The number of hydrogen-bond donors (Lipinski definition) is 2. The summed E-state index contributed by atoms with van der Waals surface area (Å²) in [5, 5.41) is 16.5. The molecule has 2 rings (SSSR count). The molecule has 6 heteroatoms. The van der Waals surface area contributed by atoms with Crippen LogP contribution in [-0.4, -0.2) is 27.5 Å². The Morgan fingerprint density at radius 2 is 2.41 bits per heavy atom. The molecular weight excluding hydrogens is 286 g/mol. The van der Waals surface area contributed by atoms with Crippen molar-refractivity contribution in [2.24, 2.45) is 13.0 Å². The van der Waals surface area contributed by atoms with E-state index < -0.39 is 0 Å². The summed E-state index contributed by atoms with van der Waals surface area (Å²) in [6.07, 6.45) is 4.80. The Morgan fingerprint density at radius 3 is 3.12 bits per heavy atom. The molecule has 0 amide bonds. The fourth-order valence-electron chi connectivity index (χ4n) is 2.26. The highest BCUT2D eigenvalue weighted by molar-refractivity contribution is 9.10. The number of rotatable bonds is 3. The van der Waals surface area contributed by atoms with Crippen LogP contribution in [0.1, 0.15) is 19.3 Å². The number of hydrogen-bond acceptors (Lipinski definition) is 4.